The van der Waals surface area contributed by atoms with Crippen LogP contribution in [0, 0.1) is 17.0 Å². The molecule has 0 saturated heterocycles. The molecule has 0 atom stereocenters. The molecule has 0 spiro atoms. The Labute approximate surface area is 205 Å². The van der Waals surface area contributed by atoms with Crippen LogP contribution < -0.4 is 0 Å². The van der Waals surface area contributed by atoms with Gasteiger partial charge >= 0.3 is 0 Å². The number of hydrogen-bond acceptors (Lipinski definition) is 4. The van der Waals surface area contributed by atoms with Crippen molar-refractivity contribution < 1.29 is 14.5 Å². The summed E-state index contributed by atoms with van der Waals surface area (Å²) in [5, 5.41) is 11.4. The maximum absolute atomic E-state index is 13.5. The molecule has 0 N–H and O–H groups in total. The Morgan fingerprint density at radius 2 is 1.74 bits per heavy atom. The van der Waals surface area contributed by atoms with E-state index in [-0.39, 0.29) is 29.6 Å². The normalized spacial score (nSPS) is 10.7. The van der Waals surface area contributed by atoms with Crippen molar-refractivity contribution >= 4 is 17.5 Å². The van der Waals surface area contributed by atoms with E-state index in [1.165, 1.54) is 11.0 Å². The summed E-state index contributed by atoms with van der Waals surface area (Å²) in [4.78, 5) is 41.0. The summed E-state index contributed by atoms with van der Waals surface area (Å²) in [7, 11) is 1.93. The predicted molar refractivity (Wildman–Crippen MR) is 135 cm³/mol. The topological polar surface area (TPSA) is 88.7 Å². The molecule has 0 radical (unpaired) electrons. The summed E-state index contributed by atoms with van der Waals surface area (Å²) in [6, 6.07) is 18.1. The third-order valence-electron chi connectivity index (χ3n) is 6.02. The van der Waals surface area contributed by atoms with Crippen LogP contribution in [-0.2, 0) is 24.9 Å². The molecule has 1 aromatic heterocycles. The van der Waals surface area contributed by atoms with Crippen molar-refractivity contribution in [2.45, 2.75) is 39.8 Å². The van der Waals surface area contributed by atoms with Crippen LogP contribution in [-0.4, -0.2) is 44.2 Å². The molecular weight excluding hydrogens is 444 g/mol. The monoisotopic (exact) mass is 476 g/mol. The molecule has 8 heteroatoms. The van der Waals surface area contributed by atoms with E-state index >= 15 is 0 Å². The molecule has 2 amide bonds. The van der Waals surface area contributed by atoms with Gasteiger partial charge in [0.15, 0.2) is 0 Å². The molecule has 0 aliphatic rings. The number of carbonyl (C=O) groups excluding carboxylic acids is 2. The van der Waals surface area contributed by atoms with Gasteiger partial charge in [0.2, 0.25) is 5.91 Å². The smallest absolute Gasteiger partial charge is 0.273 e. The van der Waals surface area contributed by atoms with Crippen molar-refractivity contribution in [1.29, 1.82) is 0 Å². The van der Waals surface area contributed by atoms with Crippen molar-refractivity contribution in [2.75, 3.05) is 13.1 Å². The van der Waals surface area contributed by atoms with Gasteiger partial charge < -0.3 is 14.4 Å². The average Bonchev–Trinajstić information content (AvgIpc) is 3.25. The van der Waals surface area contributed by atoms with Crippen LogP contribution in [0.4, 0.5) is 5.69 Å². The average molecular weight is 477 g/mol. The summed E-state index contributed by atoms with van der Waals surface area (Å²) in [5.74, 6) is -0.561. The molecule has 0 aliphatic carbocycles. The molecule has 2 aromatic carbocycles. The van der Waals surface area contributed by atoms with E-state index < -0.39 is 4.92 Å². The molecule has 0 bridgehead atoms. The van der Waals surface area contributed by atoms with Gasteiger partial charge in [-0.05, 0) is 37.1 Å². The molecule has 8 nitrogen and oxygen atoms in total. The number of nitrogens with zero attached hydrogens (tertiary/aromatic N) is 4. The first-order chi connectivity index (χ1) is 16.8. The zero-order valence-corrected chi connectivity index (χ0v) is 20.5. The lowest BCUT2D eigenvalue weighted by molar-refractivity contribution is -0.385. The largest absolute Gasteiger partial charge is 0.353 e. The quantitative estimate of drug-likeness (QED) is 0.296. The highest BCUT2D eigenvalue weighted by Gasteiger charge is 2.24. The van der Waals surface area contributed by atoms with Gasteiger partial charge in [-0.15, -0.1) is 0 Å². The van der Waals surface area contributed by atoms with Crippen LogP contribution in [0.3, 0.4) is 0 Å². The van der Waals surface area contributed by atoms with Crippen molar-refractivity contribution in [1.82, 2.24) is 14.4 Å². The van der Waals surface area contributed by atoms with Crippen LogP contribution in [0.2, 0.25) is 0 Å². The van der Waals surface area contributed by atoms with E-state index in [1.54, 1.807) is 24.0 Å². The first-order valence-electron chi connectivity index (χ1n) is 11.8. The van der Waals surface area contributed by atoms with E-state index in [0.29, 0.717) is 25.2 Å². The van der Waals surface area contributed by atoms with Gasteiger partial charge in [-0.3, -0.25) is 19.7 Å². The number of nitro groups is 1. The van der Waals surface area contributed by atoms with Crippen LogP contribution in [0.15, 0.2) is 66.9 Å². The SMILES string of the molecule is CCCCN(CC(=O)N(Cc1ccccc1)Cc1cccn1C)C(=O)c1ccc(C)c([N+](=O)[O-])c1. The summed E-state index contributed by atoms with van der Waals surface area (Å²) < 4.78 is 1.97. The fourth-order valence-corrected chi connectivity index (χ4v) is 3.88. The lowest BCUT2D eigenvalue weighted by Gasteiger charge is -2.28. The Hall–Kier alpha value is -3.94. The van der Waals surface area contributed by atoms with Gasteiger partial charge in [0.05, 0.1) is 11.5 Å². The Balaban J connectivity index is 1.85. The molecule has 3 rings (SSSR count). The molecule has 184 valence electrons. The fourth-order valence-electron chi connectivity index (χ4n) is 3.88. The minimum absolute atomic E-state index is 0.0994. The zero-order valence-electron chi connectivity index (χ0n) is 20.5. The Bertz CT molecular complexity index is 1170. The number of benzene rings is 2. The first kappa shape index (κ1) is 25.7. The van der Waals surface area contributed by atoms with E-state index in [4.69, 9.17) is 0 Å². The number of hydrogen-bond donors (Lipinski definition) is 0. The maximum atomic E-state index is 13.5. The molecule has 0 unspecified atom stereocenters. The van der Waals surface area contributed by atoms with E-state index in [0.717, 1.165) is 24.1 Å². The van der Waals surface area contributed by atoms with Crippen molar-refractivity contribution in [3.8, 4) is 0 Å². The highest BCUT2D eigenvalue weighted by atomic mass is 16.6. The molecular formula is C27H32N4O4. The van der Waals surface area contributed by atoms with E-state index in [1.807, 2.05) is 67.2 Å². The number of nitro benzene ring substituents is 1. The summed E-state index contributed by atoms with van der Waals surface area (Å²) in [6.45, 7) is 4.76. The Kier molecular flexibility index (Phi) is 8.78. The molecule has 3 aromatic rings. The second kappa shape index (κ2) is 12.0. The highest BCUT2D eigenvalue weighted by Crippen LogP contribution is 2.21. The highest BCUT2D eigenvalue weighted by molar-refractivity contribution is 5.97. The molecule has 0 fully saturated rings. The summed E-state index contributed by atoms with van der Waals surface area (Å²) in [5.41, 5.74) is 2.57. The number of aryl methyl sites for hydroxylation is 2. The molecule has 0 saturated carbocycles. The number of unbranched alkanes of at least 4 members (excludes halogenated alkanes) is 1. The molecule has 35 heavy (non-hydrogen) atoms. The van der Waals surface area contributed by atoms with Crippen LogP contribution in [0.25, 0.3) is 0 Å². The zero-order chi connectivity index (χ0) is 25.4. The third kappa shape index (κ3) is 6.79. The number of aromatic nitrogens is 1. The maximum Gasteiger partial charge on any atom is 0.273 e. The van der Waals surface area contributed by atoms with E-state index in [2.05, 4.69) is 0 Å². The second-order valence-corrected chi connectivity index (χ2v) is 8.68. The molecule has 1 heterocycles. The minimum atomic E-state index is -0.491. The van der Waals surface area contributed by atoms with Gasteiger partial charge in [-0.1, -0.05) is 49.7 Å². The van der Waals surface area contributed by atoms with Gasteiger partial charge in [0.1, 0.15) is 6.54 Å². The lowest BCUT2D eigenvalue weighted by Crippen LogP contribution is -2.43. The van der Waals surface area contributed by atoms with Gasteiger partial charge in [0, 0.05) is 49.2 Å². The fraction of sp³-hybridized carbons (Fsp3) is 0.333. The molecule has 0 aliphatic heterocycles. The van der Waals surface area contributed by atoms with Gasteiger partial charge in [-0.25, -0.2) is 0 Å². The third-order valence-corrected chi connectivity index (χ3v) is 6.02. The number of rotatable bonds is 11. The van der Waals surface area contributed by atoms with Gasteiger partial charge in [-0.2, -0.15) is 0 Å². The van der Waals surface area contributed by atoms with Crippen molar-refractivity contribution in [3.05, 3.63) is 99.4 Å². The number of carbonyl (C=O) groups is 2. The number of amides is 2. The summed E-state index contributed by atoms with van der Waals surface area (Å²) >= 11 is 0. The van der Waals surface area contributed by atoms with Crippen LogP contribution >= 0.6 is 0 Å². The first-order valence-corrected chi connectivity index (χ1v) is 11.8. The summed E-state index contributed by atoms with van der Waals surface area (Å²) in [6.07, 6.45) is 3.51. The van der Waals surface area contributed by atoms with Crippen molar-refractivity contribution in [2.24, 2.45) is 7.05 Å². The van der Waals surface area contributed by atoms with Gasteiger partial charge in [0.25, 0.3) is 11.6 Å². The second-order valence-electron chi connectivity index (χ2n) is 8.68. The lowest BCUT2D eigenvalue weighted by atomic mass is 10.1. The van der Waals surface area contributed by atoms with E-state index in [9.17, 15) is 19.7 Å². The van der Waals surface area contributed by atoms with Crippen LogP contribution in [0.1, 0.15) is 46.9 Å². The van der Waals surface area contributed by atoms with Crippen LogP contribution in [0.5, 0.6) is 0 Å². The standard InChI is InChI=1S/C27H32N4O4/c1-4-5-16-29(27(33)23-14-13-21(2)25(17-23)31(34)35)20-26(32)30(18-22-10-7-6-8-11-22)19-24-12-9-15-28(24)3/h6-15,17H,4-5,16,18-20H2,1-3H3. The predicted octanol–water partition coefficient (Wildman–Crippen LogP) is 4.71. The minimum Gasteiger partial charge on any atom is -0.353 e. The van der Waals surface area contributed by atoms with Crippen molar-refractivity contribution in [3.63, 3.8) is 0 Å². The Morgan fingerprint density at radius 3 is 2.37 bits per heavy atom. The Morgan fingerprint density at radius 1 is 1.00 bits per heavy atom.